The molecule has 0 unspecified atom stereocenters. The summed E-state index contributed by atoms with van der Waals surface area (Å²) >= 11 is 0. The minimum absolute atomic E-state index is 0.0169. The van der Waals surface area contributed by atoms with Crippen molar-refractivity contribution in [3.8, 4) is 17.1 Å². The van der Waals surface area contributed by atoms with Crippen molar-refractivity contribution in [2.24, 2.45) is 0 Å². The number of hydrogen-bond donors (Lipinski definition) is 2. The van der Waals surface area contributed by atoms with E-state index in [0.29, 0.717) is 25.7 Å². The first kappa shape index (κ1) is 21.9. The van der Waals surface area contributed by atoms with Crippen molar-refractivity contribution >= 4 is 16.7 Å². The molecule has 2 aromatic heterocycles. The average molecular weight is 410 g/mol. The largest absolute Gasteiger partial charge is 0.476 e. The molecule has 0 radical (unpaired) electrons. The van der Waals surface area contributed by atoms with E-state index in [-0.39, 0.29) is 6.61 Å². The van der Waals surface area contributed by atoms with Crippen molar-refractivity contribution in [1.29, 1.82) is 0 Å². The van der Waals surface area contributed by atoms with Crippen LogP contribution in [0.5, 0.6) is 5.88 Å². The predicted octanol–water partition coefficient (Wildman–Crippen LogP) is 4.15. The number of H-pyrrole nitrogens is 1. The predicted molar refractivity (Wildman–Crippen MR) is 120 cm³/mol. The Labute approximate surface area is 178 Å². The van der Waals surface area contributed by atoms with E-state index in [4.69, 9.17) is 19.6 Å². The molecule has 0 atom stereocenters. The van der Waals surface area contributed by atoms with E-state index in [9.17, 15) is 0 Å². The van der Waals surface area contributed by atoms with Crippen LogP contribution in [0, 0.1) is 19.1 Å². The third kappa shape index (κ3) is 5.44. The van der Waals surface area contributed by atoms with Crippen molar-refractivity contribution < 1.29 is 14.6 Å². The average Bonchev–Trinajstić information content (AvgIpc) is 3.14. The highest BCUT2D eigenvalue weighted by Gasteiger charge is 2.11. The Morgan fingerprint density at radius 2 is 1.87 bits per heavy atom. The summed E-state index contributed by atoms with van der Waals surface area (Å²) in [5, 5.41) is 8.73. The molecule has 160 valence electrons. The van der Waals surface area contributed by atoms with Crippen LogP contribution in [0.15, 0.2) is 24.3 Å². The summed E-state index contributed by atoms with van der Waals surface area (Å²) in [5.74, 6) is 0.655. The van der Waals surface area contributed by atoms with Crippen LogP contribution in [0.1, 0.15) is 32.3 Å². The number of aryl methyl sites for hydroxylation is 1. The van der Waals surface area contributed by atoms with Crippen LogP contribution in [0.4, 0.5) is 5.69 Å². The number of ether oxygens (including phenoxy) is 2. The smallest absolute Gasteiger partial charge is 0.193 e. The number of anilines is 1. The molecule has 3 aromatic rings. The summed E-state index contributed by atoms with van der Waals surface area (Å²) in [4.78, 5) is 10.4. The van der Waals surface area contributed by atoms with Gasteiger partial charge in [-0.05, 0) is 49.6 Å². The fourth-order valence-corrected chi connectivity index (χ4v) is 3.45. The Hall–Kier alpha value is -2.75. The number of nitrogens with one attached hydrogen (secondary N) is 1. The fraction of sp³-hybridized carbons (Fsp3) is 0.458. The van der Waals surface area contributed by atoms with E-state index in [2.05, 4.69) is 54.1 Å². The van der Waals surface area contributed by atoms with Crippen molar-refractivity contribution in [3.63, 3.8) is 0 Å². The molecule has 2 heterocycles. The van der Waals surface area contributed by atoms with Gasteiger partial charge in [0.1, 0.15) is 6.61 Å². The van der Waals surface area contributed by atoms with Gasteiger partial charge in [0.25, 0.3) is 0 Å². The fourth-order valence-electron chi connectivity index (χ4n) is 3.45. The number of fused-ring (bicyclic) bond motifs is 1. The maximum atomic E-state index is 8.73. The number of aliphatic hydroxyl groups is 1. The van der Waals surface area contributed by atoms with Crippen LogP contribution >= 0.6 is 0 Å². The van der Waals surface area contributed by atoms with E-state index in [1.165, 1.54) is 0 Å². The Balaban J connectivity index is 1.76. The van der Waals surface area contributed by atoms with Gasteiger partial charge in [0.05, 0.1) is 47.8 Å². The SMILES string of the molecule is CCCN(CCC)c1c#cc(-c2nc3cc(OCCOCCO)[nH]c3cc2C)cc1. The number of aromatic nitrogens is 2. The Bertz CT molecular complexity index is 915. The second kappa shape index (κ2) is 10.9. The van der Waals surface area contributed by atoms with E-state index in [1.807, 2.05) is 13.0 Å². The standard InChI is InChI=1S/C24H31N3O3/c1-4-10-27(11-5-2)20-8-6-19(7-9-20)24-18(3)16-21-22(26-24)17-23(25-21)30-15-14-29-13-12-28/h6,8,16-17,25,28H,4-5,10-15H2,1-3H3. The molecular formula is C24H31N3O3. The first-order chi connectivity index (χ1) is 14.7. The number of hydrogen-bond acceptors (Lipinski definition) is 5. The molecule has 0 bridgehead atoms. The van der Waals surface area contributed by atoms with Gasteiger partial charge in [0.15, 0.2) is 5.88 Å². The summed E-state index contributed by atoms with van der Waals surface area (Å²) in [6, 6.07) is 14.8. The highest BCUT2D eigenvalue weighted by atomic mass is 16.5. The highest BCUT2D eigenvalue weighted by molar-refractivity contribution is 5.82. The van der Waals surface area contributed by atoms with E-state index < -0.39 is 0 Å². The lowest BCUT2D eigenvalue weighted by atomic mass is 10.1. The van der Waals surface area contributed by atoms with E-state index in [0.717, 1.165) is 59.5 Å². The number of nitrogens with zero attached hydrogens (tertiary/aromatic N) is 2. The van der Waals surface area contributed by atoms with Gasteiger partial charge in [0.2, 0.25) is 0 Å². The van der Waals surface area contributed by atoms with Gasteiger partial charge in [-0.15, -0.1) is 0 Å². The topological polar surface area (TPSA) is 70.6 Å². The zero-order valence-electron chi connectivity index (χ0n) is 18.1. The number of aromatic amines is 1. The molecular weight excluding hydrogens is 378 g/mol. The Kier molecular flexibility index (Phi) is 7.95. The molecule has 30 heavy (non-hydrogen) atoms. The van der Waals surface area contributed by atoms with E-state index in [1.54, 1.807) is 0 Å². The van der Waals surface area contributed by atoms with Crippen molar-refractivity contribution in [2.75, 3.05) is 44.4 Å². The minimum atomic E-state index is 0.0169. The molecule has 6 nitrogen and oxygen atoms in total. The molecule has 0 fully saturated rings. The maximum absolute atomic E-state index is 8.73. The van der Waals surface area contributed by atoms with Gasteiger partial charge in [-0.1, -0.05) is 19.9 Å². The normalized spacial score (nSPS) is 10.9. The zero-order chi connectivity index (χ0) is 21.3. The lowest BCUT2D eigenvalue weighted by Crippen LogP contribution is -2.24. The quantitative estimate of drug-likeness (QED) is 0.440. The molecule has 3 rings (SSSR count). The third-order valence-electron chi connectivity index (χ3n) is 4.81. The summed E-state index contributed by atoms with van der Waals surface area (Å²) in [7, 11) is 0. The van der Waals surface area contributed by atoms with Crippen molar-refractivity contribution in [1.82, 2.24) is 9.97 Å². The maximum Gasteiger partial charge on any atom is 0.193 e. The highest BCUT2D eigenvalue weighted by Crippen LogP contribution is 2.27. The monoisotopic (exact) mass is 409 g/mol. The van der Waals surface area contributed by atoms with Crippen molar-refractivity contribution in [3.05, 3.63) is 42.0 Å². The van der Waals surface area contributed by atoms with Gasteiger partial charge < -0.3 is 24.5 Å². The Morgan fingerprint density at radius 1 is 1.07 bits per heavy atom. The Morgan fingerprint density at radius 3 is 2.53 bits per heavy atom. The summed E-state index contributed by atoms with van der Waals surface area (Å²) in [6.45, 7) is 9.67. The van der Waals surface area contributed by atoms with Crippen LogP contribution in [0.2, 0.25) is 0 Å². The van der Waals surface area contributed by atoms with Gasteiger partial charge in [-0.2, -0.15) is 0 Å². The summed E-state index contributed by atoms with van der Waals surface area (Å²) < 4.78 is 10.9. The van der Waals surface area contributed by atoms with Crippen LogP contribution < -0.4 is 9.64 Å². The van der Waals surface area contributed by atoms with Gasteiger partial charge in [0, 0.05) is 19.2 Å². The lowest BCUT2D eigenvalue weighted by molar-refractivity contribution is 0.0697. The van der Waals surface area contributed by atoms with Crippen molar-refractivity contribution in [2.45, 2.75) is 33.6 Å². The zero-order valence-corrected chi connectivity index (χ0v) is 18.1. The number of aliphatic hydroxyl groups excluding tert-OH is 1. The summed E-state index contributed by atoms with van der Waals surface area (Å²) in [5.41, 5.74) is 5.77. The molecule has 0 aliphatic carbocycles. The molecule has 1 aromatic carbocycles. The lowest BCUT2D eigenvalue weighted by Gasteiger charge is -2.22. The first-order valence-corrected chi connectivity index (χ1v) is 10.7. The van der Waals surface area contributed by atoms with Crippen LogP contribution in [-0.4, -0.2) is 54.6 Å². The molecule has 0 spiro atoms. The second-order valence-electron chi connectivity index (χ2n) is 7.27. The second-order valence-corrected chi connectivity index (χ2v) is 7.27. The van der Waals surface area contributed by atoms with E-state index >= 15 is 0 Å². The molecule has 0 saturated carbocycles. The molecule has 6 heteroatoms. The molecule has 2 N–H and O–H groups in total. The number of rotatable bonds is 12. The molecule has 0 saturated heterocycles. The first-order valence-electron chi connectivity index (χ1n) is 10.7. The third-order valence-corrected chi connectivity index (χ3v) is 4.81. The summed E-state index contributed by atoms with van der Waals surface area (Å²) in [6.07, 6.45) is 2.22. The number of pyridine rings is 1. The van der Waals surface area contributed by atoms with Crippen LogP contribution in [-0.2, 0) is 4.74 Å². The molecule has 0 aliphatic heterocycles. The van der Waals surface area contributed by atoms with Crippen LogP contribution in [0.3, 0.4) is 0 Å². The molecule has 0 aliphatic rings. The van der Waals surface area contributed by atoms with Gasteiger partial charge in [-0.25, -0.2) is 4.98 Å². The van der Waals surface area contributed by atoms with Crippen LogP contribution in [0.25, 0.3) is 22.3 Å². The van der Waals surface area contributed by atoms with Gasteiger partial charge >= 0.3 is 0 Å². The minimum Gasteiger partial charge on any atom is -0.476 e. The van der Waals surface area contributed by atoms with Gasteiger partial charge in [-0.3, -0.25) is 0 Å². The molecule has 0 amide bonds.